The van der Waals surface area contributed by atoms with Crippen molar-refractivity contribution in [2.24, 2.45) is 11.8 Å². The zero-order valence-electron chi connectivity index (χ0n) is 12.2. The molecule has 3 rings (SSSR count). The molecule has 0 radical (unpaired) electrons. The fourth-order valence-corrected chi connectivity index (χ4v) is 3.28. The lowest BCUT2D eigenvalue weighted by Gasteiger charge is -2.23. The standard InChI is InChI=1S/C15H21F2N3/c1-9-14(16)12(15(2,3)17)4-13(19-9)20-7-10-5-18-6-11(10)8-20/h4,10-11,18H,5-8H2,1-3H3/t10-,11+. The van der Waals surface area contributed by atoms with Crippen LogP contribution in [0.25, 0.3) is 0 Å². The number of nitrogens with zero attached hydrogens (tertiary/aromatic N) is 2. The number of fused-ring (bicyclic) bond motifs is 1. The van der Waals surface area contributed by atoms with Crippen LogP contribution >= 0.6 is 0 Å². The Kier molecular flexibility index (Phi) is 3.20. The van der Waals surface area contributed by atoms with Crippen LogP contribution in [0.2, 0.25) is 0 Å². The van der Waals surface area contributed by atoms with Crippen LogP contribution in [0, 0.1) is 24.6 Å². The Labute approximate surface area is 118 Å². The van der Waals surface area contributed by atoms with Gasteiger partial charge in [0.1, 0.15) is 11.5 Å². The van der Waals surface area contributed by atoms with Crippen molar-refractivity contribution in [1.29, 1.82) is 0 Å². The first-order valence-electron chi connectivity index (χ1n) is 7.18. The number of nitrogens with one attached hydrogen (secondary N) is 1. The van der Waals surface area contributed by atoms with Gasteiger partial charge < -0.3 is 10.2 Å². The quantitative estimate of drug-likeness (QED) is 0.902. The van der Waals surface area contributed by atoms with Gasteiger partial charge in [0.2, 0.25) is 0 Å². The number of halogens is 2. The third-order valence-electron chi connectivity index (χ3n) is 4.46. The molecule has 1 N–H and O–H groups in total. The summed E-state index contributed by atoms with van der Waals surface area (Å²) >= 11 is 0. The van der Waals surface area contributed by atoms with Crippen LogP contribution in [0.1, 0.15) is 25.1 Å². The molecule has 0 saturated carbocycles. The summed E-state index contributed by atoms with van der Waals surface area (Å²) in [7, 11) is 0. The van der Waals surface area contributed by atoms with E-state index in [-0.39, 0.29) is 11.3 Å². The summed E-state index contributed by atoms with van der Waals surface area (Å²) in [6.45, 7) is 8.27. The fraction of sp³-hybridized carbons (Fsp3) is 0.667. The lowest BCUT2D eigenvalue weighted by molar-refractivity contribution is 0.213. The third-order valence-corrected chi connectivity index (χ3v) is 4.46. The molecule has 0 aliphatic carbocycles. The van der Waals surface area contributed by atoms with Crippen LogP contribution in [0.5, 0.6) is 0 Å². The van der Waals surface area contributed by atoms with Crippen molar-refractivity contribution in [3.05, 3.63) is 23.1 Å². The van der Waals surface area contributed by atoms with Gasteiger partial charge in [0, 0.05) is 31.7 Å². The number of pyridine rings is 1. The molecule has 0 aromatic carbocycles. The molecule has 0 spiro atoms. The Morgan fingerprint density at radius 2 is 1.90 bits per heavy atom. The number of anilines is 1. The topological polar surface area (TPSA) is 28.2 Å². The average molecular weight is 281 g/mol. The second-order valence-electron chi connectivity index (χ2n) is 6.48. The molecule has 0 bridgehead atoms. The second kappa shape index (κ2) is 4.65. The molecular formula is C15H21F2N3. The highest BCUT2D eigenvalue weighted by atomic mass is 19.1. The normalized spacial score (nSPS) is 26.1. The van der Waals surface area contributed by atoms with Gasteiger partial charge in [0.05, 0.1) is 5.69 Å². The van der Waals surface area contributed by atoms with Crippen LogP contribution in [-0.4, -0.2) is 31.2 Å². The number of rotatable bonds is 2. The SMILES string of the molecule is Cc1nc(N2C[C@H]3CNC[C@H]3C2)cc(C(C)(C)F)c1F. The van der Waals surface area contributed by atoms with Crippen molar-refractivity contribution in [2.75, 3.05) is 31.1 Å². The largest absolute Gasteiger partial charge is 0.356 e. The molecule has 3 heterocycles. The van der Waals surface area contributed by atoms with Crippen LogP contribution in [-0.2, 0) is 5.67 Å². The number of hydrogen-bond donors (Lipinski definition) is 1. The summed E-state index contributed by atoms with van der Waals surface area (Å²) in [4.78, 5) is 6.48. The van der Waals surface area contributed by atoms with Crippen LogP contribution in [0.4, 0.5) is 14.6 Å². The molecular weight excluding hydrogens is 260 g/mol. The van der Waals surface area contributed by atoms with Gasteiger partial charge in [-0.2, -0.15) is 0 Å². The monoisotopic (exact) mass is 281 g/mol. The van der Waals surface area contributed by atoms with Gasteiger partial charge in [0.15, 0.2) is 5.82 Å². The lowest BCUT2D eigenvalue weighted by Crippen LogP contribution is -2.27. The van der Waals surface area contributed by atoms with E-state index in [0.29, 0.717) is 17.7 Å². The van der Waals surface area contributed by atoms with Gasteiger partial charge in [-0.1, -0.05) is 0 Å². The summed E-state index contributed by atoms with van der Waals surface area (Å²) in [5, 5.41) is 3.39. The summed E-state index contributed by atoms with van der Waals surface area (Å²) in [6.07, 6.45) is 0. The maximum Gasteiger partial charge on any atom is 0.150 e. The Hall–Kier alpha value is -1.23. The van der Waals surface area contributed by atoms with E-state index in [4.69, 9.17) is 0 Å². The van der Waals surface area contributed by atoms with E-state index < -0.39 is 11.5 Å². The molecule has 0 unspecified atom stereocenters. The summed E-state index contributed by atoms with van der Waals surface area (Å²) in [5.41, 5.74) is -1.31. The predicted octanol–water partition coefficient (Wildman–Crippen LogP) is 2.39. The molecule has 2 atom stereocenters. The van der Waals surface area contributed by atoms with E-state index in [9.17, 15) is 8.78 Å². The second-order valence-corrected chi connectivity index (χ2v) is 6.48. The maximum absolute atomic E-state index is 14.2. The minimum atomic E-state index is -1.69. The summed E-state index contributed by atoms with van der Waals surface area (Å²) in [6, 6.07) is 1.58. The lowest BCUT2D eigenvalue weighted by atomic mass is 9.99. The zero-order chi connectivity index (χ0) is 14.5. The van der Waals surface area contributed by atoms with Gasteiger partial charge in [-0.3, -0.25) is 0 Å². The molecule has 2 aliphatic rings. The first kappa shape index (κ1) is 13.7. The fourth-order valence-electron chi connectivity index (χ4n) is 3.28. The van der Waals surface area contributed by atoms with Crippen molar-refractivity contribution in [3.8, 4) is 0 Å². The number of aromatic nitrogens is 1. The minimum Gasteiger partial charge on any atom is -0.356 e. The molecule has 1 aromatic heterocycles. The highest BCUT2D eigenvalue weighted by Gasteiger charge is 2.37. The highest BCUT2D eigenvalue weighted by molar-refractivity contribution is 5.46. The average Bonchev–Trinajstić information content (AvgIpc) is 2.91. The van der Waals surface area contributed by atoms with Gasteiger partial charge in [-0.25, -0.2) is 13.8 Å². The molecule has 2 saturated heterocycles. The van der Waals surface area contributed by atoms with E-state index in [0.717, 1.165) is 26.2 Å². The first-order valence-corrected chi connectivity index (χ1v) is 7.18. The molecule has 110 valence electrons. The highest BCUT2D eigenvalue weighted by Crippen LogP contribution is 2.34. The van der Waals surface area contributed by atoms with E-state index in [1.54, 1.807) is 13.0 Å². The van der Waals surface area contributed by atoms with Gasteiger partial charge >= 0.3 is 0 Å². The number of alkyl halides is 1. The minimum absolute atomic E-state index is 0.107. The Morgan fingerprint density at radius 1 is 1.30 bits per heavy atom. The van der Waals surface area contributed by atoms with Gasteiger partial charge in [0.25, 0.3) is 0 Å². The maximum atomic E-state index is 14.2. The molecule has 1 aromatic rings. The number of hydrogen-bond acceptors (Lipinski definition) is 3. The Balaban J connectivity index is 1.93. The number of aryl methyl sites for hydroxylation is 1. The molecule has 2 fully saturated rings. The van der Waals surface area contributed by atoms with Crippen molar-refractivity contribution >= 4 is 5.82 Å². The van der Waals surface area contributed by atoms with E-state index in [1.165, 1.54) is 13.8 Å². The Bertz CT molecular complexity index is 513. The van der Waals surface area contributed by atoms with E-state index >= 15 is 0 Å². The molecule has 3 nitrogen and oxygen atoms in total. The third kappa shape index (κ3) is 2.28. The van der Waals surface area contributed by atoms with Gasteiger partial charge in [-0.15, -0.1) is 0 Å². The summed E-state index contributed by atoms with van der Waals surface area (Å²) < 4.78 is 28.2. The molecule has 0 amide bonds. The van der Waals surface area contributed by atoms with Gasteiger partial charge in [-0.05, 0) is 38.7 Å². The van der Waals surface area contributed by atoms with Crippen molar-refractivity contribution < 1.29 is 8.78 Å². The predicted molar refractivity (Wildman–Crippen MR) is 75.1 cm³/mol. The van der Waals surface area contributed by atoms with Crippen LogP contribution in [0.3, 0.4) is 0 Å². The Morgan fingerprint density at radius 3 is 2.45 bits per heavy atom. The van der Waals surface area contributed by atoms with Crippen molar-refractivity contribution in [2.45, 2.75) is 26.4 Å². The van der Waals surface area contributed by atoms with E-state index in [1.807, 2.05) is 0 Å². The van der Waals surface area contributed by atoms with E-state index in [2.05, 4.69) is 15.2 Å². The zero-order valence-corrected chi connectivity index (χ0v) is 12.2. The molecule has 5 heteroatoms. The smallest absolute Gasteiger partial charge is 0.150 e. The van der Waals surface area contributed by atoms with Crippen molar-refractivity contribution in [3.63, 3.8) is 0 Å². The molecule has 20 heavy (non-hydrogen) atoms. The summed E-state index contributed by atoms with van der Waals surface area (Å²) in [5.74, 6) is 1.44. The van der Waals surface area contributed by atoms with Crippen LogP contribution < -0.4 is 10.2 Å². The van der Waals surface area contributed by atoms with Crippen LogP contribution in [0.15, 0.2) is 6.07 Å². The molecule has 2 aliphatic heterocycles. The van der Waals surface area contributed by atoms with Crippen molar-refractivity contribution in [1.82, 2.24) is 10.3 Å². The first-order chi connectivity index (χ1) is 9.36.